The number of hydrogen-bond acceptors (Lipinski definition) is 3. The van der Waals surface area contributed by atoms with Gasteiger partial charge in [0.15, 0.2) is 0 Å². The fourth-order valence-corrected chi connectivity index (χ4v) is 1.24. The zero-order valence-corrected chi connectivity index (χ0v) is 8.42. The van der Waals surface area contributed by atoms with Crippen molar-refractivity contribution < 1.29 is 9.90 Å². The second kappa shape index (κ2) is 3.38. The van der Waals surface area contributed by atoms with Crippen molar-refractivity contribution in [2.45, 2.75) is 26.8 Å². The van der Waals surface area contributed by atoms with Gasteiger partial charge in [-0.25, -0.2) is 0 Å². The molecule has 1 atom stereocenters. The van der Waals surface area contributed by atoms with Crippen LogP contribution in [0.25, 0.3) is 0 Å². The largest absolute Gasteiger partial charge is 0.548 e. The minimum absolute atomic E-state index is 0.508. The van der Waals surface area contributed by atoms with Gasteiger partial charge in [-0.15, -0.1) is 0 Å². The highest BCUT2D eigenvalue weighted by atomic mass is 35.5. The van der Waals surface area contributed by atoms with Crippen LogP contribution in [-0.4, -0.2) is 15.7 Å². The van der Waals surface area contributed by atoms with Crippen LogP contribution < -0.4 is 5.11 Å². The molecule has 13 heavy (non-hydrogen) atoms. The van der Waals surface area contributed by atoms with Gasteiger partial charge < -0.3 is 9.90 Å². The Labute approximate surface area is 81.1 Å². The molecule has 0 N–H and O–H groups in total. The molecule has 0 radical (unpaired) electrons. The first-order valence-corrected chi connectivity index (χ1v) is 4.25. The standard InChI is InChI=1S/C8H11ClN2O2/c1-4-7(9)5(2)11(10-4)6(3)8(12)13/h6H,1-3H3,(H,12,13)/p-1/t6-/m0/s1. The second-order valence-electron chi connectivity index (χ2n) is 2.92. The monoisotopic (exact) mass is 201 g/mol. The lowest BCUT2D eigenvalue weighted by atomic mass is 10.3. The molecular weight excluding hydrogens is 192 g/mol. The van der Waals surface area contributed by atoms with Crippen LogP contribution in [0.3, 0.4) is 0 Å². The average molecular weight is 202 g/mol. The third-order valence-electron chi connectivity index (χ3n) is 1.94. The van der Waals surface area contributed by atoms with Crippen LogP contribution in [0.2, 0.25) is 5.02 Å². The lowest BCUT2D eigenvalue weighted by molar-refractivity contribution is -0.310. The maximum Gasteiger partial charge on any atom is 0.0888 e. The van der Waals surface area contributed by atoms with Gasteiger partial charge in [0.25, 0.3) is 0 Å². The normalized spacial score (nSPS) is 12.9. The minimum atomic E-state index is -1.16. The summed E-state index contributed by atoms with van der Waals surface area (Å²) >= 11 is 5.85. The van der Waals surface area contributed by atoms with Crippen molar-refractivity contribution in [3.05, 3.63) is 16.4 Å². The van der Waals surface area contributed by atoms with E-state index in [1.54, 1.807) is 13.8 Å². The Morgan fingerprint density at radius 2 is 2.15 bits per heavy atom. The Morgan fingerprint density at radius 1 is 1.62 bits per heavy atom. The van der Waals surface area contributed by atoms with Crippen molar-refractivity contribution >= 4 is 17.6 Å². The molecule has 4 nitrogen and oxygen atoms in total. The van der Waals surface area contributed by atoms with E-state index in [1.807, 2.05) is 0 Å². The van der Waals surface area contributed by atoms with E-state index in [-0.39, 0.29) is 0 Å². The predicted molar refractivity (Wildman–Crippen MR) is 46.4 cm³/mol. The number of aromatic nitrogens is 2. The molecule has 0 saturated carbocycles. The molecule has 0 saturated heterocycles. The van der Waals surface area contributed by atoms with Crippen molar-refractivity contribution in [3.63, 3.8) is 0 Å². The van der Waals surface area contributed by atoms with E-state index in [2.05, 4.69) is 5.10 Å². The highest BCUT2D eigenvalue weighted by Gasteiger charge is 2.14. The van der Waals surface area contributed by atoms with Crippen LogP contribution in [-0.2, 0) is 4.79 Å². The number of carboxylic acid groups (broad SMARTS) is 1. The van der Waals surface area contributed by atoms with E-state index >= 15 is 0 Å². The van der Waals surface area contributed by atoms with Crippen LogP contribution >= 0.6 is 11.6 Å². The molecule has 0 aliphatic heterocycles. The summed E-state index contributed by atoms with van der Waals surface area (Å²) in [6.07, 6.45) is 0. The van der Waals surface area contributed by atoms with Gasteiger partial charge in [-0.3, -0.25) is 4.68 Å². The summed E-state index contributed by atoms with van der Waals surface area (Å²) in [5.41, 5.74) is 1.28. The van der Waals surface area contributed by atoms with Gasteiger partial charge in [-0.05, 0) is 20.8 Å². The number of nitrogens with zero attached hydrogens (tertiary/aromatic N) is 2. The fourth-order valence-electron chi connectivity index (χ4n) is 1.12. The highest BCUT2D eigenvalue weighted by Crippen LogP contribution is 2.21. The van der Waals surface area contributed by atoms with Crippen molar-refractivity contribution in [2.75, 3.05) is 0 Å². The molecule has 1 rings (SSSR count). The molecule has 0 aromatic carbocycles. The van der Waals surface area contributed by atoms with E-state index in [0.717, 1.165) is 0 Å². The number of carbonyl (C=O) groups excluding carboxylic acids is 1. The predicted octanol–water partition coefficient (Wildman–Crippen LogP) is 0.464. The maximum atomic E-state index is 10.6. The summed E-state index contributed by atoms with van der Waals surface area (Å²) in [5.74, 6) is -1.16. The summed E-state index contributed by atoms with van der Waals surface area (Å²) < 4.78 is 1.35. The van der Waals surface area contributed by atoms with Gasteiger partial charge in [-0.1, -0.05) is 11.6 Å². The minimum Gasteiger partial charge on any atom is -0.548 e. The van der Waals surface area contributed by atoms with Crippen molar-refractivity contribution in [2.24, 2.45) is 0 Å². The maximum absolute atomic E-state index is 10.6. The first kappa shape index (κ1) is 10.1. The summed E-state index contributed by atoms with van der Waals surface area (Å²) in [6, 6.07) is -0.786. The molecule has 0 unspecified atom stereocenters. The van der Waals surface area contributed by atoms with Gasteiger partial charge in [0.05, 0.1) is 28.4 Å². The van der Waals surface area contributed by atoms with Gasteiger partial charge in [0.2, 0.25) is 0 Å². The fraction of sp³-hybridized carbons (Fsp3) is 0.500. The first-order chi connectivity index (χ1) is 5.95. The van der Waals surface area contributed by atoms with Crippen molar-refractivity contribution in [1.82, 2.24) is 9.78 Å². The Morgan fingerprint density at radius 3 is 2.46 bits per heavy atom. The number of aryl methyl sites for hydroxylation is 1. The third-order valence-corrected chi connectivity index (χ3v) is 2.49. The quantitative estimate of drug-likeness (QED) is 0.699. The Bertz CT molecular complexity index is 346. The molecule has 0 aliphatic rings. The average Bonchev–Trinajstić information content (AvgIpc) is 2.31. The molecule has 0 aliphatic carbocycles. The molecular formula is C8H10ClN2O2-. The molecule has 1 heterocycles. The zero-order valence-electron chi connectivity index (χ0n) is 7.67. The molecule has 72 valence electrons. The van der Waals surface area contributed by atoms with Crippen LogP contribution in [0.15, 0.2) is 0 Å². The first-order valence-electron chi connectivity index (χ1n) is 3.87. The highest BCUT2D eigenvalue weighted by molar-refractivity contribution is 6.31. The molecule has 0 fully saturated rings. The Balaban J connectivity index is 3.15. The smallest absolute Gasteiger partial charge is 0.0888 e. The molecule has 5 heteroatoms. The Kier molecular flexibility index (Phi) is 2.61. The van der Waals surface area contributed by atoms with Crippen molar-refractivity contribution in [1.29, 1.82) is 0 Å². The van der Waals surface area contributed by atoms with Gasteiger partial charge in [-0.2, -0.15) is 5.10 Å². The van der Waals surface area contributed by atoms with Gasteiger partial charge in [0.1, 0.15) is 0 Å². The van der Waals surface area contributed by atoms with E-state index in [9.17, 15) is 9.90 Å². The van der Waals surface area contributed by atoms with Gasteiger partial charge in [0, 0.05) is 0 Å². The zero-order chi connectivity index (χ0) is 10.2. The number of hydrogen-bond donors (Lipinski definition) is 0. The number of aliphatic carboxylic acids is 1. The molecule has 0 spiro atoms. The molecule has 1 aromatic heterocycles. The Hall–Kier alpha value is -1.03. The molecule has 1 aromatic rings. The van der Waals surface area contributed by atoms with Crippen LogP contribution in [0.4, 0.5) is 0 Å². The lowest BCUT2D eigenvalue weighted by Gasteiger charge is -2.14. The number of rotatable bonds is 2. The number of carboxylic acids is 1. The van der Waals surface area contributed by atoms with E-state index in [0.29, 0.717) is 16.4 Å². The third kappa shape index (κ3) is 1.67. The van der Waals surface area contributed by atoms with E-state index < -0.39 is 12.0 Å². The van der Waals surface area contributed by atoms with Crippen LogP contribution in [0.5, 0.6) is 0 Å². The summed E-state index contributed by atoms with van der Waals surface area (Å²) in [7, 11) is 0. The topological polar surface area (TPSA) is 58.0 Å². The van der Waals surface area contributed by atoms with Crippen LogP contribution in [0, 0.1) is 13.8 Å². The lowest BCUT2D eigenvalue weighted by Crippen LogP contribution is -2.32. The molecule has 0 bridgehead atoms. The summed E-state index contributed by atoms with van der Waals surface area (Å²) in [6.45, 7) is 4.96. The van der Waals surface area contributed by atoms with E-state index in [1.165, 1.54) is 11.6 Å². The van der Waals surface area contributed by atoms with Crippen LogP contribution in [0.1, 0.15) is 24.4 Å². The van der Waals surface area contributed by atoms with Gasteiger partial charge >= 0.3 is 0 Å². The van der Waals surface area contributed by atoms with Crippen molar-refractivity contribution in [3.8, 4) is 0 Å². The molecule has 0 amide bonds. The van der Waals surface area contributed by atoms with E-state index in [4.69, 9.17) is 11.6 Å². The summed E-state index contributed by atoms with van der Waals surface area (Å²) in [5, 5.41) is 15.1. The summed E-state index contributed by atoms with van der Waals surface area (Å²) in [4.78, 5) is 10.6. The second-order valence-corrected chi connectivity index (χ2v) is 3.30. The number of halogens is 1. The SMILES string of the molecule is Cc1nn([C@@H](C)C(=O)[O-])c(C)c1Cl. The number of carbonyl (C=O) groups is 1.